The summed E-state index contributed by atoms with van der Waals surface area (Å²) >= 11 is 0. The van der Waals surface area contributed by atoms with Crippen molar-refractivity contribution >= 4 is 13.3 Å². The molecule has 0 radical (unpaired) electrons. The van der Waals surface area contributed by atoms with Gasteiger partial charge in [0, 0.05) is 6.61 Å². The minimum atomic E-state index is -1.21. The maximum atomic E-state index is 5.71. The van der Waals surface area contributed by atoms with Crippen molar-refractivity contribution in [2.24, 2.45) is 0 Å². The first-order valence-corrected chi connectivity index (χ1v) is 9.56. The lowest BCUT2D eigenvalue weighted by atomic mass is 10.4. The van der Waals surface area contributed by atoms with Gasteiger partial charge in [-0.15, -0.1) is 0 Å². The van der Waals surface area contributed by atoms with Crippen molar-refractivity contribution in [2.75, 3.05) is 6.61 Å². The zero-order valence-electron chi connectivity index (χ0n) is 10.4. The van der Waals surface area contributed by atoms with Gasteiger partial charge in [0.15, 0.2) is 0 Å². The van der Waals surface area contributed by atoms with Crippen molar-refractivity contribution in [1.29, 1.82) is 0 Å². The third-order valence-electron chi connectivity index (χ3n) is 3.38. The number of hydrogen-bond acceptors (Lipinski definition) is 1. The average molecular weight is 234 g/mol. The minimum absolute atomic E-state index is 0.613. The Bertz CT molecular complexity index is 317. The highest BCUT2D eigenvalue weighted by Crippen LogP contribution is 2.24. The highest BCUT2D eigenvalue weighted by molar-refractivity contribution is 6.89. The summed E-state index contributed by atoms with van der Waals surface area (Å²) in [5, 5.41) is 1.57. The molecule has 1 aliphatic carbocycles. The first-order valence-electron chi connectivity index (χ1n) is 6.36. The number of benzene rings is 1. The predicted molar refractivity (Wildman–Crippen MR) is 72.0 cm³/mol. The maximum absolute atomic E-state index is 5.71. The van der Waals surface area contributed by atoms with E-state index in [1.165, 1.54) is 25.3 Å². The molecule has 0 saturated heterocycles. The first kappa shape index (κ1) is 11.9. The second-order valence-corrected chi connectivity index (χ2v) is 10.3. The van der Waals surface area contributed by atoms with E-state index in [0.717, 1.165) is 6.61 Å². The van der Waals surface area contributed by atoms with Crippen LogP contribution in [0.1, 0.15) is 19.3 Å². The van der Waals surface area contributed by atoms with E-state index >= 15 is 0 Å². The van der Waals surface area contributed by atoms with E-state index in [4.69, 9.17) is 4.74 Å². The van der Waals surface area contributed by atoms with Gasteiger partial charge in [0.2, 0.25) is 0 Å². The van der Waals surface area contributed by atoms with Crippen LogP contribution in [-0.2, 0) is 4.74 Å². The van der Waals surface area contributed by atoms with Crippen LogP contribution in [0.5, 0.6) is 0 Å². The molecule has 1 nitrogen and oxygen atoms in total. The van der Waals surface area contributed by atoms with Crippen LogP contribution in [0.15, 0.2) is 30.3 Å². The van der Waals surface area contributed by atoms with Crippen LogP contribution < -0.4 is 5.19 Å². The standard InChI is InChI=1S/C14H22OSi/c1-16(2,14-7-4-3-5-8-14)12-6-11-15-13-9-10-13/h3-5,7-8,13H,6,9-12H2,1-2H3. The summed E-state index contributed by atoms with van der Waals surface area (Å²) < 4.78 is 5.71. The summed E-state index contributed by atoms with van der Waals surface area (Å²) in [7, 11) is -1.21. The molecule has 0 atom stereocenters. The van der Waals surface area contributed by atoms with Crippen molar-refractivity contribution in [1.82, 2.24) is 0 Å². The molecule has 0 N–H and O–H groups in total. The smallest absolute Gasteiger partial charge is 0.0807 e. The molecule has 0 aliphatic heterocycles. The van der Waals surface area contributed by atoms with Crippen LogP contribution >= 0.6 is 0 Å². The van der Waals surface area contributed by atoms with Gasteiger partial charge in [0.25, 0.3) is 0 Å². The molecule has 0 aromatic heterocycles. The fraction of sp³-hybridized carbons (Fsp3) is 0.571. The second kappa shape index (κ2) is 5.15. The summed E-state index contributed by atoms with van der Waals surface area (Å²) in [6.07, 6.45) is 4.42. The number of ether oxygens (including phenoxy) is 1. The Morgan fingerprint density at radius 1 is 1.19 bits per heavy atom. The molecule has 2 rings (SSSR count). The average Bonchev–Trinajstić information content (AvgIpc) is 3.10. The molecule has 88 valence electrons. The van der Waals surface area contributed by atoms with Gasteiger partial charge in [0.1, 0.15) is 0 Å². The Morgan fingerprint density at radius 2 is 1.88 bits per heavy atom. The van der Waals surface area contributed by atoms with Crippen LogP contribution in [0.2, 0.25) is 19.1 Å². The van der Waals surface area contributed by atoms with Crippen molar-refractivity contribution in [3.8, 4) is 0 Å². The van der Waals surface area contributed by atoms with E-state index in [1.54, 1.807) is 5.19 Å². The van der Waals surface area contributed by atoms with E-state index in [1.807, 2.05) is 0 Å². The zero-order chi connectivity index (χ0) is 11.4. The molecule has 2 heteroatoms. The molecular formula is C14H22OSi. The fourth-order valence-electron chi connectivity index (χ4n) is 2.03. The van der Waals surface area contributed by atoms with Crippen molar-refractivity contribution in [3.05, 3.63) is 30.3 Å². The lowest BCUT2D eigenvalue weighted by Crippen LogP contribution is -2.41. The highest BCUT2D eigenvalue weighted by atomic mass is 28.3. The molecule has 0 spiro atoms. The van der Waals surface area contributed by atoms with Gasteiger partial charge in [-0.3, -0.25) is 0 Å². The molecule has 0 heterocycles. The molecule has 0 unspecified atom stereocenters. The van der Waals surface area contributed by atoms with E-state index in [0.29, 0.717) is 6.10 Å². The van der Waals surface area contributed by atoms with Crippen molar-refractivity contribution in [3.63, 3.8) is 0 Å². The number of hydrogen-bond donors (Lipinski definition) is 0. The summed E-state index contributed by atoms with van der Waals surface area (Å²) in [4.78, 5) is 0. The molecule has 1 aromatic carbocycles. The topological polar surface area (TPSA) is 9.23 Å². The highest BCUT2D eigenvalue weighted by Gasteiger charge is 2.24. The van der Waals surface area contributed by atoms with Crippen LogP contribution in [0.3, 0.4) is 0 Å². The SMILES string of the molecule is C[Si](C)(CCCOC1CC1)c1ccccc1. The summed E-state index contributed by atoms with van der Waals surface area (Å²) in [6.45, 7) is 5.88. The maximum Gasteiger partial charge on any atom is 0.0807 e. The van der Waals surface area contributed by atoms with Crippen molar-refractivity contribution < 1.29 is 4.74 Å². The van der Waals surface area contributed by atoms with E-state index in [-0.39, 0.29) is 0 Å². The van der Waals surface area contributed by atoms with Crippen LogP contribution in [-0.4, -0.2) is 20.8 Å². The van der Waals surface area contributed by atoms with Crippen LogP contribution in [0, 0.1) is 0 Å². The molecule has 16 heavy (non-hydrogen) atoms. The first-order chi connectivity index (χ1) is 7.68. The quantitative estimate of drug-likeness (QED) is 0.542. The van der Waals surface area contributed by atoms with Gasteiger partial charge >= 0.3 is 0 Å². The summed E-state index contributed by atoms with van der Waals surface area (Å²) in [5.41, 5.74) is 0. The van der Waals surface area contributed by atoms with Gasteiger partial charge in [-0.2, -0.15) is 0 Å². The molecule has 1 saturated carbocycles. The van der Waals surface area contributed by atoms with Crippen LogP contribution in [0.4, 0.5) is 0 Å². The Labute approximate surface area is 99.8 Å². The summed E-state index contributed by atoms with van der Waals surface area (Å²) in [6, 6.07) is 12.3. The monoisotopic (exact) mass is 234 g/mol. The lowest BCUT2D eigenvalue weighted by Gasteiger charge is -2.22. The van der Waals surface area contributed by atoms with Gasteiger partial charge < -0.3 is 4.74 Å². The Morgan fingerprint density at radius 3 is 2.50 bits per heavy atom. The van der Waals surface area contributed by atoms with Crippen molar-refractivity contribution in [2.45, 2.75) is 44.5 Å². The molecule has 1 aromatic rings. The van der Waals surface area contributed by atoms with Gasteiger partial charge in [-0.25, -0.2) is 0 Å². The second-order valence-electron chi connectivity index (χ2n) is 5.42. The van der Waals surface area contributed by atoms with Gasteiger partial charge in [0.05, 0.1) is 14.2 Å². The third-order valence-corrected chi connectivity index (χ3v) is 6.88. The van der Waals surface area contributed by atoms with Crippen LogP contribution in [0.25, 0.3) is 0 Å². The zero-order valence-corrected chi connectivity index (χ0v) is 11.4. The van der Waals surface area contributed by atoms with Gasteiger partial charge in [-0.1, -0.05) is 54.7 Å². The fourth-order valence-corrected chi connectivity index (χ4v) is 4.44. The molecule has 1 fully saturated rings. The molecule has 0 bridgehead atoms. The Balaban J connectivity index is 1.77. The van der Waals surface area contributed by atoms with E-state index < -0.39 is 8.07 Å². The van der Waals surface area contributed by atoms with Gasteiger partial charge in [-0.05, 0) is 19.3 Å². The van der Waals surface area contributed by atoms with E-state index in [2.05, 4.69) is 43.4 Å². The Hall–Kier alpha value is -0.603. The third kappa shape index (κ3) is 3.46. The predicted octanol–water partition coefficient (Wildman–Crippen LogP) is 3.17. The molecule has 1 aliphatic rings. The Kier molecular flexibility index (Phi) is 3.82. The number of rotatable bonds is 6. The largest absolute Gasteiger partial charge is 0.378 e. The summed E-state index contributed by atoms with van der Waals surface area (Å²) in [5.74, 6) is 0. The normalized spacial score (nSPS) is 16.4. The minimum Gasteiger partial charge on any atom is -0.378 e. The van der Waals surface area contributed by atoms with E-state index in [9.17, 15) is 0 Å². The lowest BCUT2D eigenvalue weighted by molar-refractivity contribution is 0.120. The molecular weight excluding hydrogens is 212 g/mol. The molecule has 0 amide bonds.